The van der Waals surface area contributed by atoms with E-state index in [1.54, 1.807) is 12.1 Å². The van der Waals surface area contributed by atoms with Crippen molar-refractivity contribution in [2.24, 2.45) is 0 Å². The predicted molar refractivity (Wildman–Crippen MR) is 65.2 cm³/mol. The van der Waals surface area contributed by atoms with Gasteiger partial charge in [-0.05, 0) is 36.4 Å². The molecule has 0 aliphatic rings. The first-order valence-corrected chi connectivity index (χ1v) is 5.29. The van der Waals surface area contributed by atoms with Gasteiger partial charge in [-0.1, -0.05) is 23.7 Å². The summed E-state index contributed by atoms with van der Waals surface area (Å²) in [6.45, 7) is 0. The van der Waals surface area contributed by atoms with E-state index in [1.165, 1.54) is 0 Å². The SMILES string of the molecule is Sc1ccccc1Oc1ccc(Cl)cc1. The van der Waals surface area contributed by atoms with Crippen LogP contribution in [0.25, 0.3) is 0 Å². The molecule has 0 aliphatic heterocycles. The van der Waals surface area contributed by atoms with E-state index in [4.69, 9.17) is 16.3 Å². The maximum atomic E-state index is 5.78. The van der Waals surface area contributed by atoms with Gasteiger partial charge in [0, 0.05) is 9.92 Å². The minimum atomic E-state index is 0.696. The van der Waals surface area contributed by atoms with Gasteiger partial charge in [0.25, 0.3) is 0 Å². The second-order valence-corrected chi connectivity index (χ2v) is 3.94. The van der Waals surface area contributed by atoms with Crippen molar-refractivity contribution in [2.45, 2.75) is 4.90 Å². The highest BCUT2D eigenvalue weighted by molar-refractivity contribution is 7.80. The Hall–Kier alpha value is -1.12. The van der Waals surface area contributed by atoms with E-state index in [9.17, 15) is 0 Å². The fraction of sp³-hybridized carbons (Fsp3) is 0. The zero-order valence-electron chi connectivity index (χ0n) is 7.85. The fourth-order valence-corrected chi connectivity index (χ4v) is 1.51. The molecule has 2 aromatic rings. The Kier molecular flexibility index (Phi) is 3.19. The van der Waals surface area contributed by atoms with Crippen LogP contribution in [0.4, 0.5) is 0 Å². The van der Waals surface area contributed by atoms with Crippen LogP contribution >= 0.6 is 24.2 Å². The molecule has 0 N–H and O–H groups in total. The molecule has 0 unspecified atom stereocenters. The van der Waals surface area contributed by atoms with Crippen molar-refractivity contribution in [3.05, 3.63) is 53.6 Å². The molecule has 3 heteroatoms. The average molecular weight is 237 g/mol. The molecule has 0 radical (unpaired) electrons. The zero-order chi connectivity index (χ0) is 10.7. The third kappa shape index (κ3) is 2.67. The Morgan fingerprint density at radius 2 is 1.60 bits per heavy atom. The number of hydrogen-bond acceptors (Lipinski definition) is 2. The van der Waals surface area contributed by atoms with Gasteiger partial charge >= 0.3 is 0 Å². The summed E-state index contributed by atoms with van der Waals surface area (Å²) in [4.78, 5) is 0.812. The Morgan fingerprint density at radius 3 is 2.27 bits per heavy atom. The van der Waals surface area contributed by atoms with Crippen LogP contribution in [0.1, 0.15) is 0 Å². The molecule has 0 aliphatic carbocycles. The van der Waals surface area contributed by atoms with Gasteiger partial charge in [-0.15, -0.1) is 12.6 Å². The first kappa shape index (κ1) is 10.4. The summed E-state index contributed by atoms with van der Waals surface area (Å²) >= 11 is 10.1. The quantitative estimate of drug-likeness (QED) is 0.760. The van der Waals surface area contributed by atoms with Crippen molar-refractivity contribution < 1.29 is 4.74 Å². The monoisotopic (exact) mass is 236 g/mol. The first-order valence-electron chi connectivity index (χ1n) is 4.47. The predicted octanol–water partition coefficient (Wildman–Crippen LogP) is 4.42. The van der Waals surface area contributed by atoms with Crippen LogP contribution in [0.3, 0.4) is 0 Å². The molecule has 0 spiro atoms. The summed E-state index contributed by atoms with van der Waals surface area (Å²) in [6.07, 6.45) is 0. The number of rotatable bonds is 2. The summed E-state index contributed by atoms with van der Waals surface area (Å²) in [6, 6.07) is 14.8. The number of para-hydroxylation sites is 1. The third-order valence-electron chi connectivity index (χ3n) is 1.91. The lowest BCUT2D eigenvalue weighted by Gasteiger charge is -2.07. The molecule has 0 fully saturated rings. The van der Waals surface area contributed by atoms with Gasteiger partial charge < -0.3 is 4.74 Å². The number of hydrogen-bond donors (Lipinski definition) is 1. The smallest absolute Gasteiger partial charge is 0.140 e. The zero-order valence-corrected chi connectivity index (χ0v) is 9.50. The van der Waals surface area contributed by atoms with E-state index in [0.717, 1.165) is 16.4 Å². The molecule has 2 aromatic carbocycles. The molecule has 0 amide bonds. The third-order valence-corrected chi connectivity index (χ3v) is 2.53. The number of ether oxygens (including phenoxy) is 1. The van der Waals surface area contributed by atoms with Gasteiger partial charge in [0.2, 0.25) is 0 Å². The number of benzene rings is 2. The van der Waals surface area contributed by atoms with Gasteiger partial charge in [-0.2, -0.15) is 0 Å². The Labute approximate surface area is 99.1 Å². The van der Waals surface area contributed by atoms with Crippen LogP contribution < -0.4 is 4.74 Å². The molecule has 15 heavy (non-hydrogen) atoms. The average Bonchev–Trinajstić information content (AvgIpc) is 2.25. The highest BCUT2D eigenvalue weighted by Crippen LogP contribution is 2.28. The lowest BCUT2D eigenvalue weighted by atomic mass is 10.3. The number of thiol groups is 1. The maximum Gasteiger partial charge on any atom is 0.140 e. The molecule has 0 aromatic heterocycles. The minimum Gasteiger partial charge on any atom is -0.456 e. The summed E-state index contributed by atoms with van der Waals surface area (Å²) in [5.74, 6) is 1.49. The second-order valence-electron chi connectivity index (χ2n) is 3.02. The van der Waals surface area contributed by atoms with Gasteiger partial charge in [0.15, 0.2) is 0 Å². The second kappa shape index (κ2) is 4.60. The van der Waals surface area contributed by atoms with Crippen molar-refractivity contribution in [3.8, 4) is 11.5 Å². The van der Waals surface area contributed by atoms with Crippen molar-refractivity contribution >= 4 is 24.2 Å². The van der Waals surface area contributed by atoms with Crippen molar-refractivity contribution in [2.75, 3.05) is 0 Å². The topological polar surface area (TPSA) is 9.23 Å². The van der Waals surface area contributed by atoms with E-state index in [2.05, 4.69) is 12.6 Å². The Morgan fingerprint density at radius 1 is 0.933 bits per heavy atom. The summed E-state index contributed by atoms with van der Waals surface area (Å²) in [5, 5.41) is 0.696. The van der Waals surface area contributed by atoms with E-state index < -0.39 is 0 Å². The van der Waals surface area contributed by atoms with Gasteiger partial charge in [-0.3, -0.25) is 0 Å². The molecule has 0 heterocycles. The van der Waals surface area contributed by atoms with E-state index in [-0.39, 0.29) is 0 Å². The van der Waals surface area contributed by atoms with E-state index in [1.807, 2.05) is 36.4 Å². The van der Waals surface area contributed by atoms with Gasteiger partial charge in [0.05, 0.1) is 0 Å². The Bertz CT molecular complexity index is 453. The van der Waals surface area contributed by atoms with Crippen LogP contribution in [0.5, 0.6) is 11.5 Å². The maximum absolute atomic E-state index is 5.78. The van der Waals surface area contributed by atoms with E-state index >= 15 is 0 Å². The van der Waals surface area contributed by atoms with E-state index in [0.29, 0.717) is 5.02 Å². The normalized spacial score (nSPS) is 10.0. The molecule has 0 bridgehead atoms. The molecule has 0 saturated heterocycles. The largest absolute Gasteiger partial charge is 0.456 e. The minimum absolute atomic E-state index is 0.696. The molecule has 2 rings (SSSR count). The summed E-state index contributed by atoms with van der Waals surface area (Å²) < 4.78 is 5.63. The summed E-state index contributed by atoms with van der Waals surface area (Å²) in [5.41, 5.74) is 0. The molecule has 76 valence electrons. The van der Waals surface area contributed by atoms with Crippen molar-refractivity contribution in [3.63, 3.8) is 0 Å². The van der Waals surface area contributed by atoms with Crippen LogP contribution in [-0.4, -0.2) is 0 Å². The van der Waals surface area contributed by atoms with Crippen molar-refractivity contribution in [1.82, 2.24) is 0 Å². The highest BCUT2D eigenvalue weighted by Gasteiger charge is 2.00. The standard InChI is InChI=1S/C12H9ClOS/c13-9-5-7-10(8-6-9)14-11-3-1-2-4-12(11)15/h1-8,15H. The first-order chi connectivity index (χ1) is 7.25. The van der Waals surface area contributed by atoms with Crippen molar-refractivity contribution in [1.29, 1.82) is 0 Å². The highest BCUT2D eigenvalue weighted by atomic mass is 35.5. The van der Waals surface area contributed by atoms with Gasteiger partial charge in [-0.25, -0.2) is 0 Å². The molecule has 1 nitrogen and oxygen atoms in total. The molecular formula is C12H9ClOS. The Balaban J connectivity index is 2.22. The summed E-state index contributed by atoms with van der Waals surface area (Å²) in [7, 11) is 0. The number of halogens is 1. The van der Waals surface area contributed by atoms with Crippen LogP contribution in [0.2, 0.25) is 5.02 Å². The van der Waals surface area contributed by atoms with Crippen LogP contribution in [0.15, 0.2) is 53.4 Å². The fourth-order valence-electron chi connectivity index (χ4n) is 1.17. The molecule has 0 atom stereocenters. The van der Waals surface area contributed by atoms with Crippen LogP contribution in [-0.2, 0) is 0 Å². The van der Waals surface area contributed by atoms with Gasteiger partial charge in [0.1, 0.15) is 11.5 Å². The lowest BCUT2D eigenvalue weighted by molar-refractivity contribution is 0.471. The molecule has 0 saturated carbocycles. The molecular weight excluding hydrogens is 228 g/mol. The lowest BCUT2D eigenvalue weighted by Crippen LogP contribution is -1.84. The van der Waals surface area contributed by atoms with Crippen LogP contribution in [0, 0.1) is 0 Å².